The van der Waals surface area contributed by atoms with Gasteiger partial charge >= 0.3 is 0 Å². The molecular weight excluding hydrogens is 490 g/mol. The Kier molecular flexibility index (Phi) is 8.16. The lowest BCUT2D eigenvalue weighted by atomic mass is 10.1. The van der Waals surface area contributed by atoms with Crippen molar-refractivity contribution in [2.24, 2.45) is 5.16 Å². The van der Waals surface area contributed by atoms with Crippen LogP contribution in [-0.4, -0.2) is 51.8 Å². The van der Waals surface area contributed by atoms with E-state index in [1.807, 2.05) is 84.9 Å². The van der Waals surface area contributed by atoms with Gasteiger partial charge in [-0.3, -0.25) is 14.8 Å². The first-order chi connectivity index (χ1) is 19.2. The lowest BCUT2D eigenvalue weighted by Gasteiger charge is -2.05. The highest BCUT2D eigenvalue weighted by Gasteiger charge is 2.12. The number of hydrogen-bond acceptors (Lipinski definition) is 6. The van der Waals surface area contributed by atoms with E-state index in [0.717, 1.165) is 38.8 Å². The number of pyridine rings is 2. The van der Waals surface area contributed by atoms with Crippen LogP contribution in [0.4, 0.5) is 0 Å². The Hall–Kier alpha value is -5.08. The van der Waals surface area contributed by atoms with Gasteiger partial charge in [-0.2, -0.15) is 0 Å². The number of carbonyl (C=O) groups excluding carboxylic acids is 1. The third kappa shape index (κ3) is 6.26. The average molecular weight is 518 g/mol. The molecule has 0 fully saturated rings. The number of nitrogens with one attached hydrogen (secondary N) is 2. The number of ketones is 1. The van der Waals surface area contributed by atoms with Gasteiger partial charge in [0.2, 0.25) is 5.78 Å². The molecule has 0 unspecified atom stereocenters. The number of oxime groups is 1. The molecule has 0 saturated heterocycles. The molecule has 39 heavy (non-hydrogen) atoms. The van der Waals surface area contributed by atoms with Crippen LogP contribution in [0.1, 0.15) is 27.3 Å². The zero-order valence-corrected chi connectivity index (χ0v) is 21.4. The van der Waals surface area contributed by atoms with Crippen molar-refractivity contribution in [3.05, 3.63) is 132 Å². The second kappa shape index (κ2) is 12.4. The molecule has 0 aliphatic heterocycles. The molecule has 0 bridgehead atoms. The SMILES string of the molecule is COCCON=C(c1ccccc1)c1cc2ccncc2[nH]1.O=C(c1ccccc1)c1cc2ccncc2[nH]1. The van der Waals surface area contributed by atoms with Crippen molar-refractivity contribution in [2.75, 3.05) is 20.3 Å². The van der Waals surface area contributed by atoms with E-state index in [4.69, 9.17) is 9.57 Å². The molecule has 0 aliphatic carbocycles. The number of hydrogen-bond donors (Lipinski definition) is 2. The Balaban J connectivity index is 0.000000163. The minimum absolute atomic E-state index is 0.00167. The van der Waals surface area contributed by atoms with Crippen LogP contribution < -0.4 is 0 Å². The van der Waals surface area contributed by atoms with Gasteiger partial charge in [-0.1, -0.05) is 65.8 Å². The highest BCUT2D eigenvalue weighted by Crippen LogP contribution is 2.18. The number of aromatic nitrogens is 4. The van der Waals surface area contributed by atoms with Gasteiger partial charge in [0.1, 0.15) is 12.3 Å². The second-order valence-corrected chi connectivity index (χ2v) is 8.62. The molecular formula is C31H27N5O3. The van der Waals surface area contributed by atoms with Crippen LogP contribution in [-0.2, 0) is 9.57 Å². The molecule has 8 nitrogen and oxygen atoms in total. The Labute approximate surface area is 225 Å². The zero-order valence-electron chi connectivity index (χ0n) is 21.4. The van der Waals surface area contributed by atoms with Crippen molar-refractivity contribution >= 4 is 33.3 Å². The summed E-state index contributed by atoms with van der Waals surface area (Å²) in [5, 5.41) is 6.37. The molecule has 4 aromatic heterocycles. The van der Waals surface area contributed by atoms with E-state index in [-0.39, 0.29) is 5.78 Å². The standard InChI is InChI=1S/C17H17N3O2.C14H10N2O/c1-21-9-10-22-20-17(13-5-3-2-4-6-13)15-11-14-7-8-18-12-16(14)19-15;17-14(10-4-2-1-3-5-10)12-8-11-6-7-15-9-13(11)16-12/h2-8,11-12,19H,9-10H2,1H3;1-9,16H. The van der Waals surface area contributed by atoms with E-state index in [1.54, 1.807) is 31.9 Å². The predicted octanol–water partition coefficient (Wildman–Crippen LogP) is 5.77. The second-order valence-electron chi connectivity index (χ2n) is 8.62. The molecule has 194 valence electrons. The van der Waals surface area contributed by atoms with Crippen molar-refractivity contribution in [3.63, 3.8) is 0 Å². The summed E-state index contributed by atoms with van der Waals surface area (Å²) in [5.41, 5.74) is 5.77. The van der Waals surface area contributed by atoms with Gasteiger partial charge < -0.3 is 19.5 Å². The van der Waals surface area contributed by atoms with Crippen LogP contribution in [0.5, 0.6) is 0 Å². The van der Waals surface area contributed by atoms with Crippen molar-refractivity contribution in [1.29, 1.82) is 0 Å². The van der Waals surface area contributed by atoms with E-state index in [2.05, 4.69) is 25.1 Å². The third-order valence-corrected chi connectivity index (χ3v) is 5.97. The van der Waals surface area contributed by atoms with Crippen LogP contribution in [0, 0.1) is 0 Å². The first-order valence-corrected chi connectivity index (χ1v) is 12.4. The minimum atomic E-state index is 0.00167. The van der Waals surface area contributed by atoms with Gasteiger partial charge in [0.05, 0.1) is 41.4 Å². The van der Waals surface area contributed by atoms with Crippen LogP contribution in [0.3, 0.4) is 0 Å². The van der Waals surface area contributed by atoms with Gasteiger partial charge in [0.15, 0.2) is 0 Å². The normalized spacial score (nSPS) is 11.3. The van der Waals surface area contributed by atoms with Crippen molar-refractivity contribution in [1.82, 2.24) is 19.9 Å². The van der Waals surface area contributed by atoms with Gasteiger partial charge in [-0.05, 0) is 24.3 Å². The summed E-state index contributed by atoms with van der Waals surface area (Å²) in [4.78, 5) is 32.1. The Morgan fingerprint density at radius 2 is 1.31 bits per heavy atom. The van der Waals surface area contributed by atoms with E-state index in [9.17, 15) is 4.79 Å². The Morgan fingerprint density at radius 3 is 1.90 bits per heavy atom. The Morgan fingerprint density at radius 1 is 0.744 bits per heavy atom. The van der Waals surface area contributed by atoms with Crippen LogP contribution >= 0.6 is 0 Å². The average Bonchev–Trinajstić information content (AvgIpc) is 3.63. The molecule has 2 N–H and O–H groups in total. The highest BCUT2D eigenvalue weighted by atomic mass is 16.6. The lowest BCUT2D eigenvalue weighted by Crippen LogP contribution is -2.06. The fraction of sp³-hybridized carbons (Fsp3) is 0.0968. The summed E-state index contributed by atoms with van der Waals surface area (Å²) in [7, 11) is 1.63. The van der Waals surface area contributed by atoms with E-state index < -0.39 is 0 Å². The topological polar surface area (TPSA) is 105 Å². The number of carbonyl (C=O) groups is 1. The summed E-state index contributed by atoms with van der Waals surface area (Å²) in [6.07, 6.45) is 7.01. The number of methoxy groups -OCH3 is 1. The molecule has 0 aliphatic rings. The molecule has 0 atom stereocenters. The third-order valence-electron chi connectivity index (χ3n) is 5.97. The molecule has 2 aromatic carbocycles. The smallest absolute Gasteiger partial charge is 0.209 e. The Bertz CT molecular complexity index is 1630. The van der Waals surface area contributed by atoms with Crippen molar-refractivity contribution in [2.45, 2.75) is 0 Å². The lowest BCUT2D eigenvalue weighted by molar-refractivity contribution is 0.0753. The van der Waals surface area contributed by atoms with Gasteiger partial charge in [0.25, 0.3) is 0 Å². The number of ether oxygens (including phenoxy) is 1. The molecule has 0 amide bonds. The van der Waals surface area contributed by atoms with Gasteiger partial charge in [0, 0.05) is 41.4 Å². The maximum atomic E-state index is 12.2. The fourth-order valence-electron chi connectivity index (χ4n) is 4.02. The molecule has 8 heteroatoms. The van der Waals surface area contributed by atoms with Gasteiger partial charge in [-0.15, -0.1) is 0 Å². The first-order valence-electron chi connectivity index (χ1n) is 12.4. The van der Waals surface area contributed by atoms with Crippen LogP contribution in [0.2, 0.25) is 0 Å². The molecule has 4 heterocycles. The molecule has 0 radical (unpaired) electrons. The summed E-state index contributed by atoms with van der Waals surface area (Å²) < 4.78 is 4.97. The summed E-state index contributed by atoms with van der Waals surface area (Å²) in [6, 6.07) is 26.9. The summed E-state index contributed by atoms with van der Waals surface area (Å²) in [5.74, 6) is 0.00167. The van der Waals surface area contributed by atoms with Gasteiger partial charge in [-0.25, -0.2) is 0 Å². The zero-order chi connectivity index (χ0) is 26.9. The van der Waals surface area contributed by atoms with E-state index >= 15 is 0 Å². The monoisotopic (exact) mass is 517 g/mol. The largest absolute Gasteiger partial charge is 0.393 e. The van der Waals surface area contributed by atoms with Crippen LogP contribution in [0.15, 0.2) is 115 Å². The quantitative estimate of drug-likeness (QED) is 0.115. The van der Waals surface area contributed by atoms with E-state index in [0.29, 0.717) is 24.5 Å². The summed E-state index contributed by atoms with van der Waals surface area (Å²) in [6.45, 7) is 0.914. The minimum Gasteiger partial charge on any atom is -0.393 e. The maximum absolute atomic E-state index is 12.2. The number of fused-ring (bicyclic) bond motifs is 2. The molecule has 6 aromatic rings. The first kappa shape index (κ1) is 25.6. The number of H-pyrrole nitrogens is 2. The fourth-order valence-corrected chi connectivity index (χ4v) is 4.02. The maximum Gasteiger partial charge on any atom is 0.209 e. The molecule has 0 saturated carbocycles. The predicted molar refractivity (Wildman–Crippen MR) is 152 cm³/mol. The number of aromatic amines is 2. The number of benzene rings is 2. The molecule has 6 rings (SSSR count). The van der Waals surface area contributed by atoms with Crippen molar-refractivity contribution < 1.29 is 14.4 Å². The van der Waals surface area contributed by atoms with Crippen molar-refractivity contribution in [3.8, 4) is 0 Å². The summed E-state index contributed by atoms with van der Waals surface area (Å²) >= 11 is 0. The van der Waals surface area contributed by atoms with E-state index in [1.165, 1.54) is 0 Å². The number of rotatable bonds is 8. The van der Waals surface area contributed by atoms with Crippen LogP contribution in [0.25, 0.3) is 21.8 Å². The highest BCUT2D eigenvalue weighted by molar-refractivity contribution is 6.13. The number of nitrogens with zero attached hydrogens (tertiary/aromatic N) is 3. The molecule has 0 spiro atoms.